The summed E-state index contributed by atoms with van der Waals surface area (Å²) in [7, 11) is -3.88. The molecule has 1 saturated heterocycles. The molecule has 1 aromatic rings. The quantitative estimate of drug-likeness (QED) is 0.477. The summed E-state index contributed by atoms with van der Waals surface area (Å²) < 4.78 is 27.2. The molecule has 10 heteroatoms. The summed E-state index contributed by atoms with van der Waals surface area (Å²) in [6.07, 6.45) is 6.52. The smallest absolute Gasteiger partial charge is 0.289 e. The minimum absolute atomic E-state index is 0.106. The van der Waals surface area contributed by atoms with Gasteiger partial charge in [-0.3, -0.25) is 14.9 Å². The van der Waals surface area contributed by atoms with Crippen molar-refractivity contribution in [1.29, 1.82) is 0 Å². The number of amides is 1. The van der Waals surface area contributed by atoms with Gasteiger partial charge in [-0.1, -0.05) is 30.9 Å². The molecular formula is C20H28ClN3O5S. The fraction of sp³-hybridized carbons (Fsp3) is 0.650. The van der Waals surface area contributed by atoms with E-state index in [4.69, 9.17) is 11.6 Å². The van der Waals surface area contributed by atoms with Crippen molar-refractivity contribution >= 4 is 33.2 Å². The number of sulfonamides is 1. The van der Waals surface area contributed by atoms with Gasteiger partial charge in [0.2, 0.25) is 15.9 Å². The van der Waals surface area contributed by atoms with Crippen LogP contribution >= 0.6 is 11.6 Å². The molecule has 0 atom stereocenters. The van der Waals surface area contributed by atoms with E-state index in [1.54, 1.807) is 0 Å². The van der Waals surface area contributed by atoms with Gasteiger partial charge >= 0.3 is 0 Å². The van der Waals surface area contributed by atoms with Crippen molar-refractivity contribution in [3.8, 4) is 0 Å². The largest absolute Gasteiger partial charge is 0.340 e. The molecule has 2 fully saturated rings. The van der Waals surface area contributed by atoms with Crippen LogP contribution in [0.2, 0.25) is 5.02 Å². The number of nitro groups is 1. The first-order chi connectivity index (χ1) is 14.3. The van der Waals surface area contributed by atoms with Gasteiger partial charge in [-0.05, 0) is 44.7 Å². The van der Waals surface area contributed by atoms with Gasteiger partial charge in [0.1, 0.15) is 5.02 Å². The van der Waals surface area contributed by atoms with Gasteiger partial charge in [0.15, 0.2) is 0 Å². The van der Waals surface area contributed by atoms with Gasteiger partial charge in [0.05, 0.1) is 9.82 Å². The van der Waals surface area contributed by atoms with Crippen LogP contribution in [0.5, 0.6) is 0 Å². The van der Waals surface area contributed by atoms with E-state index in [2.05, 4.69) is 0 Å². The molecule has 30 heavy (non-hydrogen) atoms. The maximum Gasteiger partial charge on any atom is 0.289 e. The van der Waals surface area contributed by atoms with Crippen molar-refractivity contribution in [2.24, 2.45) is 5.92 Å². The van der Waals surface area contributed by atoms with Gasteiger partial charge in [0.25, 0.3) is 5.69 Å². The molecule has 0 unspecified atom stereocenters. The molecule has 1 aliphatic carbocycles. The van der Waals surface area contributed by atoms with Crippen LogP contribution in [0, 0.1) is 16.0 Å². The van der Waals surface area contributed by atoms with Crippen molar-refractivity contribution in [3.63, 3.8) is 0 Å². The SMILES string of the molecule is CCN(C(=O)C1CCN(S(=O)(=O)c2ccc(Cl)c([N+](=O)[O-])c2)CC1)C1CCCCC1. The summed E-state index contributed by atoms with van der Waals surface area (Å²) in [5.41, 5.74) is -0.436. The number of hydrogen-bond acceptors (Lipinski definition) is 5. The van der Waals surface area contributed by atoms with E-state index >= 15 is 0 Å². The minimum Gasteiger partial charge on any atom is -0.340 e. The molecule has 3 rings (SSSR count). The van der Waals surface area contributed by atoms with E-state index in [9.17, 15) is 23.3 Å². The van der Waals surface area contributed by atoms with E-state index in [0.29, 0.717) is 25.4 Å². The summed E-state index contributed by atoms with van der Waals surface area (Å²) in [6.45, 7) is 3.12. The molecule has 0 N–H and O–H groups in total. The Hall–Kier alpha value is -1.71. The van der Waals surface area contributed by atoms with Crippen molar-refractivity contribution in [2.45, 2.75) is 62.8 Å². The van der Waals surface area contributed by atoms with E-state index in [1.165, 1.54) is 22.9 Å². The van der Waals surface area contributed by atoms with Crippen LogP contribution in [-0.4, -0.2) is 54.1 Å². The van der Waals surface area contributed by atoms with Gasteiger partial charge < -0.3 is 4.90 Å². The molecular weight excluding hydrogens is 430 g/mol. The number of nitrogens with zero attached hydrogens (tertiary/aromatic N) is 3. The first-order valence-electron chi connectivity index (χ1n) is 10.5. The molecule has 1 aliphatic heterocycles. The van der Waals surface area contributed by atoms with Crippen LogP contribution in [0.1, 0.15) is 51.9 Å². The number of hydrogen-bond donors (Lipinski definition) is 0. The lowest BCUT2D eigenvalue weighted by molar-refractivity contribution is -0.384. The third-order valence-corrected chi connectivity index (χ3v) is 8.41. The number of piperidine rings is 1. The third kappa shape index (κ3) is 4.78. The molecule has 1 saturated carbocycles. The van der Waals surface area contributed by atoms with Crippen molar-refractivity contribution < 1.29 is 18.1 Å². The van der Waals surface area contributed by atoms with Crippen LogP contribution in [0.25, 0.3) is 0 Å². The lowest BCUT2D eigenvalue weighted by Crippen LogP contribution is -2.48. The lowest BCUT2D eigenvalue weighted by Gasteiger charge is -2.38. The fourth-order valence-electron chi connectivity index (χ4n) is 4.51. The zero-order valence-electron chi connectivity index (χ0n) is 17.1. The summed E-state index contributed by atoms with van der Waals surface area (Å²) in [5.74, 6) is -0.0542. The summed E-state index contributed by atoms with van der Waals surface area (Å²) >= 11 is 5.80. The van der Waals surface area contributed by atoms with Crippen LogP contribution in [0.15, 0.2) is 23.1 Å². The molecule has 0 aromatic heterocycles. The summed E-state index contributed by atoms with van der Waals surface area (Å²) in [6, 6.07) is 3.81. The van der Waals surface area contributed by atoms with E-state index in [0.717, 1.165) is 31.7 Å². The van der Waals surface area contributed by atoms with Crippen LogP contribution in [0.3, 0.4) is 0 Å². The van der Waals surface area contributed by atoms with Crippen LogP contribution in [0.4, 0.5) is 5.69 Å². The highest BCUT2D eigenvalue weighted by Crippen LogP contribution is 2.31. The second kappa shape index (κ2) is 9.62. The second-order valence-electron chi connectivity index (χ2n) is 7.96. The number of carbonyl (C=O) groups excluding carboxylic acids is 1. The molecule has 166 valence electrons. The Kier molecular flexibility index (Phi) is 7.36. The molecule has 0 radical (unpaired) electrons. The summed E-state index contributed by atoms with van der Waals surface area (Å²) in [4.78, 5) is 25.3. The first kappa shape index (κ1) is 23.0. The standard InChI is InChI=1S/C20H28ClN3O5S/c1-2-23(16-6-4-3-5-7-16)20(25)15-10-12-22(13-11-15)30(28,29)17-8-9-18(21)19(14-17)24(26)27/h8-9,14-16H,2-7,10-13H2,1H3. The van der Waals surface area contributed by atoms with Gasteiger partial charge in [-0.2, -0.15) is 4.31 Å². The average molecular weight is 458 g/mol. The zero-order valence-corrected chi connectivity index (χ0v) is 18.7. The molecule has 1 aromatic carbocycles. The van der Waals surface area contributed by atoms with Crippen LogP contribution < -0.4 is 0 Å². The fourth-order valence-corrected chi connectivity index (χ4v) is 6.18. The second-order valence-corrected chi connectivity index (χ2v) is 10.3. The zero-order chi connectivity index (χ0) is 21.9. The number of halogens is 1. The average Bonchev–Trinajstić information content (AvgIpc) is 2.75. The third-order valence-electron chi connectivity index (χ3n) is 6.19. The molecule has 0 bridgehead atoms. The van der Waals surface area contributed by atoms with E-state index in [1.807, 2.05) is 11.8 Å². The van der Waals surface area contributed by atoms with Gasteiger partial charge in [0, 0.05) is 37.7 Å². The van der Waals surface area contributed by atoms with Crippen molar-refractivity contribution in [2.75, 3.05) is 19.6 Å². The molecule has 1 heterocycles. The minimum atomic E-state index is -3.88. The Morgan fingerprint density at radius 1 is 1.20 bits per heavy atom. The molecule has 8 nitrogen and oxygen atoms in total. The Morgan fingerprint density at radius 2 is 1.83 bits per heavy atom. The van der Waals surface area contributed by atoms with Crippen LogP contribution in [-0.2, 0) is 14.8 Å². The Labute approximate surface area is 182 Å². The number of benzene rings is 1. The first-order valence-corrected chi connectivity index (χ1v) is 12.3. The Morgan fingerprint density at radius 3 is 2.40 bits per heavy atom. The van der Waals surface area contributed by atoms with Gasteiger partial charge in [-0.15, -0.1) is 0 Å². The lowest BCUT2D eigenvalue weighted by atomic mass is 9.91. The molecule has 1 amide bonds. The maximum atomic E-state index is 13.1. The normalized spacial score (nSPS) is 19.5. The monoisotopic (exact) mass is 457 g/mol. The van der Waals surface area contributed by atoms with Crippen molar-refractivity contribution in [3.05, 3.63) is 33.3 Å². The number of nitro benzene ring substituents is 1. The molecule has 2 aliphatic rings. The predicted octanol–water partition coefficient (Wildman–Crippen LogP) is 3.83. The number of carbonyl (C=O) groups is 1. The van der Waals surface area contributed by atoms with E-state index < -0.39 is 20.6 Å². The highest BCUT2D eigenvalue weighted by Gasteiger charge is 2.36. The van der Waals surface area contributed by atoms with Crippen molar-refractivity contribution in [1.82, 2.24) is 9.21 Å². The number of rotatable bonds is 6. The van der Waals surface area contributed by atoms with E-state index in [-0.39, 0.29) is 34.8 Å². The molecule has 0 spiro atoms. The maximum absolute atomic E-state index is 13.1. The summed E-state index contributed by atoms with van der Waals surface area (Å²) in [5, 5.41) is 11.0. The highest BCUT2D eigenvalue weighted by atomic mass is 35.5. The highest BCUT2D eigenvalue weighted by molar-refractivity contribution is 7.89. The topological polar surface area (TPSA) is 101 Å². The Bertz CT molecular complexity index is 894. The van der Waals surface area contributed by atoms with Gasteiger partial charge in [-0.25, -0.2) is 8.42 Å². The Balaban J connectivity index is 1.67. The predicted molar refractivity (Wildman–Crippen MR) is 114 cm³/mol.